The van der Waals surface area contributed by atoms with Gasteiger partial charge in [0.25, 0.3) is 5.91 Å². The van der Waals surface area contributed by atoms with Gasteiger partial charge in [-0.25, -0.2) is 0 Å². The van der Waals surface area contributed by atoms with Crippen molar-refractivity contribution in [2.75, 3.05) is 0 Å². The number of benzene rings is 1. The maximum atomic E-state index is 11.7. The van der Waals surface area contributed by atoms with E-state index in [-0.39, 0.29) is 11.9 Å². The third-order valence-electron chi connectivity index (χ3n) is 1.96. The van der Waals surface area contributed by atoms with Crippen LogP contribution in [0.15, 0.2) is 24.3 Å². The summed E-state index contributed by atoms with van der Waals surface area (Å²) in [5.74, 6) is -0.182. The van der Waals surface area contributed by atoms with Crippen molar-refractivity contribution >= 4 is 23.2 Å². The van der Waals surface area contributed by atoms with Gasteiger partial charge in [-0.1, -0.05) is 17.7 Å². The first-order chi connectivity index (χ1) is 7.49. The first-order valence-corrected chi connectivity index (χ1v) is 5.58. The van der Waals surface area contributed by atoms with E-state index in [1.807, 2.05) is 32.9 Å². The van der Waals surface area contributed by atoms with E-state index in [2.05, 4.69) is 10.6 Å². The zero-order valence-electron chi connectivity index (χ0n) is 9.70. The number of thiocarbonyl (C=S) groups is 1. The van der Waals surface area contributed by atoms with Gasteiger partial charge in [-0.3, -0.25) is 10.1 Å². The summed E-state index contributed by atoms with van der Waals surface area (Å²) in [6, 6.07) is 7.57. The van der Waals surface area contributed by atoms with Crippen LogP contribution in [0.3, 0.4) is 0 Å². The van der Waals surface area contributed by atoms with Crippen molar-refractivity contribution in [3.05, 3.63) is 35.4 Å². The van der Waals surface area contributed by atoms with E-state index in [1.54, 1.807) is 12.1 Å². The van der Waals surface area contributed by atoms with E-state index < -0.39 is 0 Å². The molecule has 0 bridgehead atoms. The molecular formula is C12H16N2OS. The summed E-state index contributed by atoms with van der Waals surface area (Å²) in [6.07, 6.45) is 0. The molecule has 0 saturated heterocycles. The number of aryl methyl sites for hydroxylation is 1. The molecule has 0 aromatic heterocycles. The Hall–Kier alpha value is -1.42. The largest absolute Gasteiger partial charge is 0.360 e. The van der Waals surface area contributed by atoms with Crippen LogP contribution in [0.5, 0.6) is 0 Å². The van der Waals surface area contributed by atoms with Gasteiger partial charge in [-0.05, 0) is 45.1 Å². The summed E-state index contributed by atoms with van der Waals surface area (Å²) in [7, 11) is 0. The second-order valence-corrected chi connectivity index (χ2v) is 4.36. The zero-order chi connectivity index (χ0) is 12.1. The Kier molecular flexibility index (Phi) is 4.43. The lowest BCUT2D eigenvalue weighted by atomic mass is 10.1. The Morgan fingerprint density at radius 1 is 1.25 bits per heavy atom. The molecule has 0 radical (unpaired) electrons. The van der Waals surface area contributed by atoms with Crippen LogP contribution < -0.4 is 10.6 Å². The monoisotopic (exact) mass is 236 g/mol. The molecule has 0 saturated carbocycles. The third-order valence-corrected chi connectivity index (χ3v) is 2.18. The van der Waals surface area contributed by atoms with Crippen LogP contribution in [0.2, 0.25) is 0 Å². The molecule has 0 fully saturated rings. The van der Waals surface area contributed by atoms with E-state index in [0.717, 1.165) is 5.56 Å². The minimum Gasteiger partial charge on any atom is -0.360 e. The number of hydrogen-bond acceptors (Lipinski definition) is 2. The number of amides is 1. The predicted molar refractivity (Wildman–Crippen MR) is 69.5 cm³/mol. The fourth-order valence-electron chi connectivity index (χ4n) is 1.18. The van der Waals surface area contributed by atoms with E-state index >= 15 is 0 Å². The fourth-order valence-corrected chi connectivity index (χ4v) is 1.51. The highest BCUT2D eigenvalue weighted by Crippen LogP contribution is 2.02. The van der Waals surface area contributed by atoms with Gasteiger partial charge in [0.15, 0.2) is 5.11 Å². The highest BCUT2D eigenvalue weighted by Gasteiger charge is 2.07. The Labute approximate surface area is 101 Å². The lowest BCUT2D eigenvalue weighted by Gasteiger charge is -2.12. The molecule has 3 nitrogen and oxygen atoms in total. The van der Waals surface area contributed by atoms with Crippen molar-refractivity contribution in [2.24, 2.45) is 0 Å². The first-order valence-electron chi connectivity index (χ1n) is 5.17. The molecule has 0 atom stereocenters. The van der Waals surface area contributed by atoms with Crippen molar-refractivity contribution in [1.29, 1.82) is 0 Å². The molecular weight excluding hydrogens is 220 g/mol. The summed E-state index contributed by atoms with van der Waals surface area (Å²) in [5, 5.41) is 5.94. The van der Waals surface area contributed by atoms with Crippen LogP contribution in [0.25, 0.3) is 0 Å². The zero-order valence-corrected chi connectivity index (χ0v) is 10.5. The van der Waals surface area contributed by atoms with Gasteiger partial charge in [0.05, 0.1) is 0 Å². The molecule has 0 heterocycles. The summed E-state index contributed by atoms with van der Waals surface area (Å²) in [6.45, 7) is 5.90. The number of carbonyl (C=O) groups excluding carboxylic acids is 1. The lowest BCUT2D eigenvalue weighted by Crippen LogP contribution is -2.42. The third kappa shape index (κ3) is 3.98. The van der Waals surface area contributed by atoms with Gasteiger partial charge in [0.2, 0.25) is 0 Å². The van der Waals surface area contributed by atoms with Crippen LogP contribution in [0.1, 0.15) is 29.8 Å². The van der Waals surface area contributed by atoms with Gasteiger partial charge in [-0.2, -0.15) is 0 Å². The Morgan fingerprint density at radius 2 is 1.81 bits per heavy atom. The number of nitrogens with one attached hydrogen (secondary N) is 2. The first kappa shape index (κ1) is 12.6. The van der Waals surface area contributed by atoms with Crippen LogP contribution in [0, 0.1) is 6.92 Å². The molecule has 2 N–H and O–H groups in total. The molecule has 16 heavy (non-hydrogen) atoms. The molecule has 1 amide bonds. The normalized spacial score (nSPS) is 10.0. The second kappa shape index (κ2) is 5.61. The lowest BCUT2D eigenvalue weighted by molar-refractivity contribution is 0.0976. The molecule has 0 aliphatic rings. The molecule has 0 unspecified atom stereocenters. The summed E-state index contributed by atoms with van der Waals surface area (Å²) < 4.78 is 0. The topological polar surface area (TPSA) is 41.1 Å². The van der Waals surface area contributed by atoms with Gasteiger partial charge >= 0.3 is 0 Å². The molecule has 0 aliphatic carbocycles. The standard InChI is InChI=1S/C12H16N2OS/c1-8(2)13-12(16)14-11(15)10-6-4-9(3)5-7-10/h4-8H,1-3H3,(H2,13,14,15,16). The molecule has 0 aliphatic heterocycles. The highest BCUT2D eigenvalue weighted by molar-refractivity contribution is 7.80. The van der Waals surface area contributed by atoms with Crippen LogP contribution in [-0.2, 0) is 0 Å². The number of hydrogen-bond donors (Lipinski definition) is 2. The van der Waals surface area contributed by atoms with Crippen LogP contribution in [-0.4, -0.2) is 17.1 Å². The molecule has 1 aromatic carbocycles. The smallest absolute Gasteiger partial charge is 0.257 e. The summed E-state index contributed by atoms with van der Waals surface area (Å²) in [5.41, 5.74) is 1.73. The SMILES string of the molecule is Cc1ccc(C(=O)NC(=S)NC(C)C)cc1. The number of carbonyl (C=O) groups is 1. The number of rotatable bonds is 2. The van der Waals surface area contributed by atoms with E-state index in [9.17, 15) is 4.79 Å². The summed E-state index contributed by atoms with van der Waals surface area (Å²) >= 11 is 4.99. The van der Waals surface area contributed by atoms with Crippen molar-refractivity contribution in [1.82, 2.24) is 10.6 Å². The van der Waals surface area contributed by atoms with Crippen LogP contribution in [0.4, 0.5) is 0 Å². The molecule has 1 aromatic rings. The second-order valence-electron chi connectivity index (χ2n) is 3.95. The summed E-state index contributed by atoms with van der Waals surface area (Å²) in [4.78, 5) is 11.7. The maximum absolute atomic E-state index is 11.7. The molecule has 1 rings (SSSR count). The van der Waals surface area contributed by atoms with Crippen molar-refractivity contribution in [2.45, 2.75) is 26.8 Å². The average Bonchev–Trinajstić information content (AvgIpc) is 2.16. The highest BCUT2D eigenvalue weighted by atomic mass is 32.1. The van der Waals surface area contributed by atoms with Gasteiger partial charge in [0.1, 0.15) is 0 Å². The average molecular weight is 236 g/mol. The van der Waals surface area contributed by atoms with E-state index in [0.29, 0.717) is 10.7 Å². The Balaban J connectivity index is 2.59. The molecule has 0 spiro atoms. The van der Waals surface area contributed by atoms with E-state index in [1.165, 1.54) is 0 Å². The molecule has 4 heteroatoms. The minimum absolute atomic E-state index is 0.182. The Morgan fingerprint density at radius 3 is 2.31 bits per heavy atom. The van der Waals surface area contributed by atoms with Gasteiger partial charge < -0.3 is 5.32 Å². The predicted octanol–water partition coefficient (Wildman–Crippen LogP) is 2.01. The maximum Gasteiger partial charge on any atom is 0.257 e. The Bertz CT molecular complexity index is 385. The van der Waals surface area contributed by atoms with Crippen molar-refractivity contribution in [3.63, 3.8) is 0 Å². The van der Waals surface area contributed by atoms with Gasteiger partial charge in [-0.15, -0.1) is 0 Å². The molecule has 86 valence electrons. The van der Waals surface area contributed by atoms with Crippen LogP contribution >= 0.6 is 12.2 Å². The van der Waals surface area contributed by atoms with Gasteiger partial charge in [0, 0.05) is 11.6 Å². The fraction of sp³-hybridized carbons (Fsp3) is 0.333. The quantitative estimate of drug-likeness (QED) is 0.772. The van der Waals surface area contributed by atoms with E-state index in [4.69, 9.17) is 12.2 Å². The minimum atomic E-state index is -0.182. The van der Waals surface area contributed by atoms with Crippen molar-refractivity contribution < 1.29 is 4.79 Å². The van der Waals surface area contributed by atoms with Crippen molar-refractivity contribution in [3.8, 4) is 0 Å².